The Labute approximate surface area is 235 Å². The maximum absolute atomic E-state index is 13.4. The van der Waals surface area contributed by atoms with Crippen molar-refractivity contribution in [2.24, 2.45) is 0 Å². The molecule has 38 heavy (non-hydrogen) atoms. The van der Waals surface area contributed by atoms with E-state index in [1.54, 1.807) is 19.2 Å². The lowest BCUT2D eigenvalue weighted by Crippen LogP contribution is -2.43. The average molecular weight is 556 g/mol. The molecule has 0 saturated carbocycles. The van der Waals surface area contributed by atoms with Gasteiger partial charge in [0.2, 0.25) is 0 Å². The minimum Gasteiger partial charge on any atom is -0.497 e. The zero-order chi connectivity index (χ0) is 27.1. The Balaban J connectivity index is 1.45. The van der Waals surface area contributed by atoms with Crippen molar-refractivity contribution in [2.45, 2.75) is 37.7 Å². The number of likely N-dealkylation sites (tertiary alicyclic amines) is 1. The van der Waals surface area contributed by atoms with Gasteiger partial charge in [0.25, 0.3) is 5.91 Å². The Bertz CT molecular complexity index is 1200. The Morgan fingerprint density at radius 2 is 1.71 bits per heavy atom. The summed E-state index contributed by atoms with van der Waals surface area (Å²) in [6.07, 6.45) is 2.26. The lowest BCUT2D eigenvalue weighted by molar-refractivity contribution is -0.0264. The number of nitrogens with zero attached hydrogens (tertiary/aromatic N) is 2. The van der Waals surface area contributed by atoms with Crippen LogP contribution in [0.25, 0.3) is 0 Å². The van der Waals surface area contributed by atoms with Crippen molar-refractivity contribution in [1.82, 2.24) is 9.80 Å². The van der Waals surface area contributed by atoms with Crippen LogP contribution in [-0.4, -0.2) is 60.6 Å². The summed E-state index contributed by atoms with van der Waals surface area (Å²) >= 11 is 12.6. The zero-order valence-electron chi connectivity index (χ0n) is 22.1. The number of carbonyl (C=O) groups excluding carboxylic acids is 1. The van der Waals surface area contributed by atoms with Gasteiger partial charge in [-0.1, -0.05) is 59.6 Å². The summed E-state index contributed by atoms with van der Waals surface area (Å²) in [5.41, 5.74) is 1.92. The van der Waals surface area contributed by atoms with Crippen LogP contribution >= 0.6 is 23.2 Å². The molecule has 7 heteroatoms. The minimum atomic E-state index is -0.773. The SMILES string of the molecule is CCN(CC(CCN1CCC(O)(c2ccccc2)CC1)c1ccc(Cl)c(Cl)c1)C(=O)c1ccc(OC)cc1. The number of benzene rings is 3. The maximum atomic E-state index is 13.4. The smallest absolute Gasteiger partial charge is 0.253 e. The zero-order valence-corrected chi connectivity index (χ0v) is 23.6. The fourth-order valence-electron chi connectivity index (χ4n) is 5.19. The highest BCUT2D eigenvalue weighted by Gasteiger charge is 2.34. The van der Waals surface area contributed by atoms with Crippen molar-refractivity contribution in [3.8, 4) is 5.75 Å². The van der Waals surface area contributed by atoms with E-state index in [4.69, 9.17) is 27.9 Å². The highest BCUT2D eigenvalue weighted by Crippen LogP contribution is 2.34. The molecular weight excluding hydrogens is 519 g/mol. The van der Waals surface area contributed by atoms with Gasteiger partial charge in [0.15, 0.2) is 0 Å². The molecule has 0 bridgehead atoms. The summed E-state index contributed by atoms with van der Waals surface area (Å²) in [4.78, 5) is 17.7. The van der Waals surface area contributed by atoms with Gasteiger partial charge in [-0.15, -0.1) is 0 Å². The molecule has 1 N–H and O–H groups in total. The van der Waals surface area contributed by atoms with E-state index in [1.165, 1.54) is 0 Å². The molecule has 4 rings (SSSR count). The van der Waals surface area contributed by atoms with Crippen LogP contribution in [0.3, 0.4) is 0 Å². The van der Waals surface area contributed by atoms with Crippen molar-refractivity contribution in [3.05, 3.63) is 99.5 Å². The van der Waals surface area contributed by atoms with E-state index in [-0.39, 0.29) is 11.8 Å². The van der Waals surface area contributed by atoms with Crippen LogP contribution in [-0.2, 0) is 5.60 Å². The second kappa shape index (κ2) is 13.0. The van der Waals surface area contributed by atoms with Gasteiger partial charge >= 0.3 is 0 Å². The molecule has 0 spiro atoms. The summed E-state index contributed by atoms with van der Waals surface area (Å²) < 4.78 is 5.24. The van der Waals surface area contributed by atoms with E-state index in [0.717, 1.165) is 42.9 Å². The van der Waals surface area contributed by atoms with E-state index in [0.29, 0.717) is 41.5 Å². The van der Waals surface area contributed by atoms with Gasteiger partial charge in [-0.05, 0) is 80.3 Å². The third kappa shape index (κ3) is 6.89. The van der Waals surface area contributed by atoms with Crippen molar-refractivity contribution >= 4 is 29.1 Å². The molecule has 3 aromatic carbocycles. The van der Waals surface area contributed by atoms with Gasteiger partial charge in [-0.3, -0.25) is 4.79 Å². The first-order chi connectivity index (χ1) is 18.3. The Hall–Kier alpha value is -2.57. The number of rotatable bonds is 10. The number of carbonyl (C=O) groups is 1. The number of hydrogen-bond acceptors (Lipinski definition) is 4. The van der Waals surface area contributed by atoms with Gasteiger partial charge < -0.3 is 19.6 Å². The second-order valence-electron chi connectivity index (χ2n) is 9.97. The molecule has 1 unspecified atom stereocenters. The molecular formula is C31H36Cl2N2O3. The highest BCUT2D eigenvalue weighted by atomic mass is 35.5. The van der Waals surface area contributed by atoms with Gasteiger partial charge in [0.1, 0.15) is 5.75 Å². The predicted molar refractivity (Wildman–Crippen MR) is 154 cm³/mol. The van der Waals surface area contributed by atoms with E-state index in [2.05, 4.69) is 4.90 Å². The van der Waals surface area contributed by atoms with Crippen LogP contribution in [0.5, 0.6) is 5.75 Å². The number of aliphatic hydroxyl groups is 1. The highest BCUT2D eigenvalue weighted by molar-refractivity contribution is 6.42. The molecule has 1 saturated heterocycles. The maximum Gasteiger partial charge on any atom is 0.253 e. The van der Waals surface area contributed by atoms with Gasteiger partial charge in [-0.25, -0.2) is 0 Å². The number of piperidine rings is 1. The molecule has 202 valence electrons. The van der Waals surface area contributed by atoms with Crippen LogP contribution in [0.1, 0.15) is 53.6 Å². The first-order valence-electron chi connectivity index (χ1n) is 13.2. The lowest BCUT2D eigenvalue weighted by Gasteiger charge is -2.39. The topological polar surface area (TPSA) is 53.0 Å². The quantitative estimate of drug-likeness (QED) is 0.306. The van der Waals surface area contributed by atoms with Crippen molar-refractivity contribution in [3.63, 3.8) is 0 Å². The van der Waals surface area contributed by atoms with Gasteiger partial charge in [-0.2, -0.15) is 0 Å². The number of methoxy groups -OCH3 is 1. The molecule has 0 aromatic heterocycles. The van der Waals surface area contributed by atoms with Crippen LogP contribution in [0, 0.1) is 0 Å². The lowest BCUT2D eigenvalue weighted by atomic mass is 9.84. The molecule has 5 nitrogen and oxygen atoms in total. The van der Waals surface area contributed by atoms with Crippen LogP contribution in [0.4, 0.5) is 0 Å². The van der Waals surface area contributed by atoms with E-state index in [9.17, 15) is 9.90 Å². The molecule has 1 aliphatic heterocycles. The first kappa shape index (κ1) is 28.4. The van der Waals surface area contributed by atoms with Gasteiger partial charge in [0, 0.05) is 37.7 Å². The van der Waals surface area contributed by atoms with Crippen molar-refractivity contribution in [1.29, 1.82) is 0 Å². The standard InChI is InChI=1S/C31H36Cl2N2O3/c1-3-35(30(36)23-9-12-27(38-2)13-10-23)22-25(24-11-14-28(32)29(33)21-24)15-18-34-19-16-31(37,17-20-34)26-7-5-4-6-8-26/h4-14,21,25,37H,3,15-20,22H2,1-2H3. The Morgan fingerprint density at radius 3 is 2.32 bits per heavy atom. The summed E-state index contributed by atoms with van der Waals surface area (Å²) in [5.74, 6) is 0.798. The van der Waals surface area contributed by atoms with E-state index < -0.39 is 5.60 Å². The van der Waals surface area contributed by atoms with E-state index in [1.807, 2.05) is 72.5 Å². The molecule has 0 radical (unpaired) electrons. The second-order valence-corrected chi connectivity index (χ2v) is 10.8. The van der Waals surface area contributed by atoms with Crippen LogP contribution in [0.15, 0.2) is 72.8 Å². The Morgan fingerprint density at radius 1 is 1.03 bits per heavy atom. The molecule has 0 aliphatic carbocycles. The normalized spacial score (nSPS) is 16.1. The summed E-state index contributed by atoms with van der Waals surface area (Å²) in [7, 11) is 1.61. The number of likely N-dealkylation sites (N-methyl/N-ethyl adjacent to an activating group) is 1. The van der Waals surface area contributed by atoms with Crippen molar-refractivity contribution in [2.75, 3.05) is 39.8 Å². The number of halogens is 2. The number of ether oxygens (including phenoxy) is 1. The minimum absolute atomic E-state index is 0.00823. The summed E-state index contributed by atoms with van der Waals surface area (Å²) in [6.45, 7) is 5.67. The fourth-order valence-corrected chi connectivity index (χ4v) is 5.50. The van der Waals surface area contributed by atoms with Crippen LogP contribution < -0.4 is 4.74 Å². The summed E-state index contributed by atoms with van der Waals surface area (Å²) in [5, 5.41) is 12.3. The van der Waals surface area contributed by atoms with Gasteiger partial charge in [0.05, 0.1) is 22.8 Å². The number of amides is 1. The molecule has 1 fully saturated rings. The number of hydrogen-bond donors (Lipinski definition) is 1. The summed E-state index contributed by atoms with van der Waals surface area (Å²) in [6, 6.07) is 22.9. The fraction of sp³-hybridized carbons (Fsp3) is 0.387. The van der Waals surface area contributed by atoms with Crippen LogP contribution in [0.2, 0.25) is 10.0 Å². The molecule has 1 amide bonds. The molecule has 3 aromatic rings. The molecule has 1 heterocycles. The first-order valence-corrected chi connectivity index (χ1v) is 14.0. The molecule has 1 aliphatic rings. The molecule has 1 atom stereocenters. The predicted octanol–water partition coefficient (Wildman–Crippen LogP) is 6.62. The largest absolute Gasteiger partial charge is 0.497 e. The third-order valence-electron chi connectivity index (χ3n) is 7.65. The third-order valence-corrected chi connectivity index (χ3v) is 8.39. The Kier molecular flexibility index (Phi) is 9.72. The van der Waals surface area contributed by atoms with Crippen molar-refractivity contribution < 1.29 is 14.6 Å². The monoisotopic (exact) mass is 554 g/mol. The van der Waals surface area contributed by atoms with E-state index >= 15 is 0 Å². The average Bonchev–Trinajstić information content (AvgIpc) is 2.96.